The molecule has 72 valence electrons. The van der Waals surface area contributed by atoms with Gasteiger partial charge in [-0.1, -0.05) is 0 Å². The molecule has 1 aromatic rings. The number of nitrogens with zero attached hydrogens (tertiary/aromatic N) is 2. The number of halogens is 1. The van der Waals surface area contributed by atoms with Crippen LogP contribution in [-0.4, -0.2) is 30.1 Å². The van der Waals surface area contributed by atoms with Crippen LogP contribution in [0.25, 0.3) is 0 Å². The smallest absolute Gasteiger partial charge is 0.220 e. The molecule has 1 aromatic heterocycles. The number of rotatable bonds is 4. The van der Waals surface area contributed by atoms with Gasteiger partial charge in [-0.2, -0.15) is 9.97 Å². The fourth-order valence-electron chi connectivity index (χ4n) is 0.855. The van der Waals surface area contributed by atoms with Crippen molar-refractivity contribution in [1.29, 1.82) is 0 Å². The van der Waals surface area contributed by atoms with Crippen molar-refractivity contribution in [3.05, 3.63) is 11.9 Å². The Bertz CT molecular complexity index is 259. The zero-order chi connectivity index (χ0) is 9.68. The minimum atomic E-state index is 0.482. The highest BCUT2D eigenvalue weighted by Gasteiger charge is 2.03. The van der Waals surface area contributed by atoms with E-state index in [9.17, 15) is 0 Å². The van der Waals surface area contributed by atoms with Gasteiger partial charge in [-0.25, -0.2) is 0 Å². The number of hydrogen-bond acceptors (Lipinski definition) is 4. The molecule has 13 heavy (non-hydrogen) atoms. The maximum Gasteiger partial charge on any atom is 0.220 e. The lowest BCUT2D eigenvalue weighted by molar-refractivity contribution is 0.368. The maximum absolute atomic E-state index is 5.57. The second kappa shape index (κ2) is 4.87. The van der Waals surface area contributed by atoms with Crippen LogP contribution in [0.1, 0.15) is 5.82 Å². The molecule has 0 aliphatic heterocycles. The standard InChI is InChI=1S/C8H11ClN2O2/c1-12-7-5-8(13-2)11-6(10-7)3-4-9/h5H,3-4H2,1-2H3. The minimum Gasteiger partial charge on any atom is -0.481 e. The summed E-state index contributed by atoms with van der Waals surface area (Å²) < 4.78 is 9.94. The van der Waals surface area contributed by atoms with Crippen LogP contribution in [0.5, 0.6) is 11.8 Å². The molecule has 0 aliphatic carbocycles. The van der Waals surface area contributed by atoms with Crippen molar-refractivity contribution in [2.45, 2.75) is 6.42 Å². The number of alkyl halides is 1. The van der Waals surface area contributed by atoms with Crippen molar-refractivity contribution in [3.63, 3.8) is 0 Å². The highest BCUT2D eigenvalue weighted by atomic mass is 35.5. The van der Waals surface area contributed by atoms with E-state index in [2.05, 4.69) is 9.97 Å². The molecule has 0 fully saturated rings. The molecule has 0 radical (unpaired) electrons. The van der Waals surface area contributed by atoms with Gasteiger partial charge in [0, 0.05) is 12.3 Å². The minimum absolute atomic E-state index is 0.482. The average molecular weight is 203 g/mol. The summed E-state index contributed by atoms with van der Waals surface area (Å²) in [5, 5.41) is 0. The summed E-state index contributed by atoms with van der Waals surface area (Å²) in [6.45, 7) is 0. The Hall–Kier alpha value is -1.03. The first-order valence-corrected chi connectivity index (χ1v) is 4.35. The fraction of sp³-hybridized carbons (Fsp3) is 0.500. The van der Waals surface area contributed by atoms with Crippen LogP contribution in [-0.2, 0) is 6.42 Å². The van der Waals surface area contributed by atoms with Crippen molar-refractivity contribution < 1.29 is 9.47 Å². The molecular weight excluding hydrogens is 192 g/mol. The largest absolute Gasteiger partial charge is 0.481 e. The van der Waals surface area contributed by atoms with Gasteiger partial charge in [0.05, 0.1) is 20.3 Å². The van der Waals surface area contributed by atoms with E-state index in [-0.39, 0.29) is 0 Å². The van der Waals surface area contributed by atoms with Gasteiger partial charge in [0.2, 0.25) is 11.8 Å². The summed E-state index contributed by atoms with van der Waals surface area (Å²) in [6.07, 6.45) is 0.606. The van der Waals surface area contributed by atoms with Crippen LogP contribution >= 0.6 is 11.6 Å². The van der Waals surface area contributed by atoms with Gasteiger partial charge in [-0.3, -0.25) is 0 Å². The monoisotopic (exact) mass is 202 g/mol. The molecule has 0 aromatic carbocycles. The highest BCUT2D eigenvalue weighted by molar-refractivity contribution is 6.17. The van der Waals surface area contributed by atoms with E-state index in [0.29, 0.717) is 29.9 Å². The Labute approximate surface area is 81.9 Å². The average Bonchev–Trinajstić information content (AvgIpc) is 2.17. The molecule has 0 atom stereocenters. The van der Waals surface area contributed by atoms with Gasteiger partial charge in [0.15, 0.2) is 0 Å². The maximum atomic E-state index is 5.57. The Kier molecular flexibility index (Phi) is 3.76. The number of aromatic nitrogens is 2. The first kappa shape index (κ1) is 10.1. The van der Waals surface area contributed by atoms with E-state index in [4.69, 9.17) is 21.1 Å². The lowest BCUT2D eigenvalue weighted by atomic mass is 10.4. The van der Waals surface area contributed by atoms with Crippen LogP contribution in [0.4, 0.5) is 0 Å². The lowest BCUT2D eigenvalue weighted by Crippen LogP contribution is -2.00. The second-order valence-corrected chi connectivity index (χ2v) is 2.69. The summed E-state index contributed by atoms with van der Waals surface area (Å²) in [4.78, 5) is 8.18. The zero-order valence-electron chi connectivity index (χ0n) is 7.58. The molecule has 5 heteroatoms. The van der Waals surface area contributed by atoms with E-state index in [1.807, 2.05) is 0 Å². The molecular formula is C8H11ClN2O2. The molecule has 0 bridgehead atoms. The number of aryl methyl sites for hydroxylation is 1. The molecule has 0 N–H and O–H groups in total. The van der Waals surface area contributed by atoms with Crippen molar-refractivity contribution in [3.8, 4) is 11.8 Å². The van der Waals surface area contributed by atoms with Crippen LogP contribution in [0.2, 0.25) is 0 Å². The third kappa shape index (κ3) is 2.73. The van der Waals surface area contributed by atoms with E-state index in [0.717, 1.165) is 0 Å². The molecule has 1 heterocycles. The van der Waals surface area contributed by atoms with Crippen molar-refractivity contribution in [2.24, 2.45) is 0 Å². The van der Waals surface area contributed by atoms with Gasteiger partial charge >= 0.3 is 0 Å². The Morgan fingerprint density at radius 1 is 1.23 bits per heavy atom. The molecule has 4 nitrogen and oxygen atoms in total. The predicted molar refractivity (Wildman–Crippen MR) is 49.6 cm³/mol. The Morgan fingerprint density at radius 3 is 2.15 bits per heavy atom. The van der Waals surface area contributed by atoms with Crippen LogP contribution < -0.4 is 9.47 Å². The first-order chi connectivity index (χ1) is 6.30. The van der Waals surface area contributed by atoms with Gasteiger partial charge in [-0.05, 0) is 0 Å². The number of methoxy groups -OCH3 is 2. The molecule has 0 aliphatic rings. The number of hydrogen-bond donors (Lipinski definition) is 0. The van der Waals surface area contributed by atoms with Gasteiger partial charge in [0.25, 0.3) is 0 Å². The Balaban J connectivity index is 2.93. The number of ether oxygens (including phenoxy) is 2. The summed E-state index contributed by atoms with van der Waals surface area (Å²) >= 11 is 5.57. The molecule has 0 saturated carbocycles. The topological polar surface area (TPSA) is 44.2 Å². The van der Waals surface area contributed by atoms with Crippen molar-refractivity contribution >= 4 is 11.6 Å². The summed E-state index contributed by atoms with van der Waals surface area (Å²) in [5.41, 5.74) is 0. The SMILES string of the molecule is COc1cc(OC)nc(CCCl)n1. The van der Waals surface area contributed by atoms with E-state index in [1.165, 1.54) is 0 Å². The Morgan fingerprint density at radius 2 is 1.77 bits per heavy atom. The van der Waals surface area contributed by atoms with Crippen LogP contribution in [0.3, 0.4) is 0 Å². The lowest BCUT2D eigenvalue weighted by Gasteiger charge is -2.04. The van der Waals surface area contributed by atoms with Crippen molar-refractivity contribution in [1.82, 2.24) is 9.97 Å². The van der Waals surface area contributed by atoms with Crippen LogP contribution in [0.15, 0.2) is 6.07 Å². The van der Waals surface area contributed by atoms with Gasteiger partial charge < -0.3 is 9.47 Å². The van der Waals surface area contributed by atoms with Crippen molar-refractivity contribution in [2.75, 3.05) is 20.1 Å². The van der Waals surface area contributed by atoms with Crippen LogP contribution in [0, 0.1) is 0 Å². The third-order valence-corrected chi connectivity index (χ3v) is 1.65. The highest BCUT2D eigenvalue weighted by Crippen LogP contribution is 2.14. The zero-order valence-corrected chi connectivity index (χ0v) is 8.34. The van der Waals surface area contributed by atoms with Gasteiger partial charge in [-0.15, -0.1) is 11.6 Å². The fourth-order valence-corrected chi connectivity index (χ4v) is 1.02. The summed E-state index contributed by atoms with van der Waals surface area (Å²) in [6, 6.07) is 1.62. The quantitative estimate of drug-likeness (QED) is 0.690. The predicted octanol–water partition coefficient (Wildman–Crippen LogP) is 1.28. The summed E-state index contributed by atoms with van der Waals surface area (Å²) in [5.74, 6) is 2.10. The first-order valence-electron chi connectivity index (χ1n) is 3.82. The molecule has 0 amide bonds. The summed E-state index contributed by atoms with van der Waals surface area (Å²) in [7, 11) is 3.10. The molecule has 1 rings (SSSR count). The molecule has 0 spiro atoms. The van der Waals surface area contributed by atoms with E-state index in [1.54, 1.807) is 20.3 Å². The normalized spacial score (nSPS) is 9.77. The molecule has 0 unspecified atom stereocenters. The van der Waals surface area contributed by atoms with E-state index >= 15 is 0 Å². The van der Waals surface area contributed by atoms with E-state index < -0.39 is 0 Å². The van der Waals surface area contributed by atoms with Gasteiger partial charge in [0.1, 0.15) is 5.82 Å². The molecule has 0 saturated heterocycles. The second-order valence-electron chi connectivity index (χ2n) is 2.31. The third-order valence-electron chi connectivity index (χ3n) is 1.46.